The molecule has 72 heavy (non-hydrogen) atoms. The lowest BCUT2D eigenvalue weighted by Gasteiger charge is -2.47. The standard InChI is InChI=1S/C63H76B6N2S/c1-33-26-46-55-47(27-33)71(44-21-18-35(59(5,6)7)28-37(44)49-50(64)52(66)54(68)53(67)51(49)65)45-31-41-40(61(10,11)23-24-62(41,12)13)30-43(45)69(55)57-56(70(46)36-19-16-34(17-20-36)58(2,3)4)38-29-39-42(32-48(38)72-57)63(14,15)25-22-60(39,8)9/h16-21,26-32H,22-25,64-68H2,1-15H3. The van der Waals surface area contributed by atoms with Gasteiger partial charge in [-0.2, -0.15) is 0 Å². The molecule has 0 amide bonds. The van der Waals surface area contributed by atoms with Crippen LogP contribution in [0.4, 0.5) is 34.1 Å². The highest BCUT2D eigenvalue weighted by Gasteiger charge is 2.49. The number of anilines is 6. The first-order valence-electron chi connectivity index (χ1n) is 27.3. The molecule has 0 spiro atoms. The Balaban J connectivity index is 1.31. The third-order valence-corrected chi connectivity index (χ3v) is 20.3. The number of nitrogens with zero attached hydrogens (tertiary/aromatic N) is 2. The topological polar surface area (TPSA) is 6.48 Å². The van der Waals surface area contributed by atoms with E-state index in [0.717, 1.165) is 0 Å². The van der Waals surface area contributed by atoms with E-state index in [1.54, 1.807) is 0 Å². The Morgan fingerprint density at radius 1 is 0.500 bits per heavy atom. The van der Waals surface area contributed by atoms with E-state index < -0.39 is 0 Å². The number of fused-ring (bicyclic) bond motifs is 8. The van der Waals surface area contributed by atoms with E-state index in [9.17, 15) is 0 Å². The first-order valence-corrected chi connectivity index (χ1v) is 28.1. The van der Waals surface area contributed by atoms with Gasteiger partial charge in [-0.05, 0) is 175 Å². The molecular weight excluding hydrogens is 882 g/mol. The third kappa shape index (κ3) is 7.29. The van der Waals surface area contributed by atoms with Gasteiger partial charge >= 0.3 is 0 Å². The van der Waals surface area contributed by atoms with E-state index in [1.165, 1.54) is 163 Å². The van der Waals surface area contributed by atoms with Crippen LogP contribution in [0.5, 0.6) is 0 Å². The molecule has 362 valence electrons. The smallest absolute Gasteiger partial charge is 0.264 e. The van der Waals surface area contributed by atoms with Gasteiger partial charge in [0.25, 0.3) is 6.71 Å². The molecule has 0 N–H and O–H groups in total. The predicted molar refractivity (Wildman–Crippen MR) is 335 cm³/mol. The Bertz CT molecular complexity index is 3440. The minimum Gasteiger partial charge on any atom is -0.311 e. The van der Waals surface area contributed by atoms with E-state index in [2.05, 4.69) is 243 Å². The summed E-state index contributed by atoms with van der Waals surface area (Å²) in [5, 5.41) is 1.40. The average molecular weight is 958 g/mol. The summed E-state index contributed by atoms with van der Waals surface area (Å²) < 4.78 is 2.88. The van der Waals surface area contributed by atoms with Crippen LogP contribution >= 0.6 is 11.3 Å². The van der Waals surface area contributed by atoms with Crippen LogP contribution in [-0.2, 0) is 32.5 Å². The molecule has 4 aliphatic rings. The van der Waals surface area contributed by atoms with E-state index >= 15 is 0 Å². The quantitative estimate of drug-likeness (QED) is 0.169. The predicted octanol–water partition coefficient (Wildman–Crippen LogP) is 7.54. The first kappa shape index (κ1) is 49.5. The largest absolute Gasteiger partial charge is 0.311 e. The van der Waals surface area contributed by atoms with Gasteiger partial charge in [-0.15, -0.1) is 27.7 Å². The molecule has 6 aromatic carbocycles. The molecule has 0 saturated carbocycles. The zero-order chi connectivity index (χ0) is 51.9. The maximum Gasteiger partial charge on any atom is 0.264 e. The summed E-state index contributed by atoms with van der Waals surface area (Å²) in [5.41, 5.74) is 30.7. The number of hydrogen-bond donors (Lipinski definition) is 0. The van der Waals surface area contributed by atoms with Crippen molar-refractivity contribution in [3.63, 3.8) is 0 Å². The molecule has 2 nitrogen and oxygen atoms in total. The Labute approximate surface area is 442 Å². The second-order valence-electron chi connectivity index (χ2n) is 27.8. The van der Waals surface area contributed by atoms with Crippen LogP contribution in [0.15, 0.2) is 78.9 Å². The lowest BCUT2D eigenvalue weighted by molar-refractivity contribution is 0.332. The Morgan fingerprint density at radius 2 is 0.972 bits per heavy atom. The minimum absolute atomic E-state index is 0.0315. The van der Waals surface area contributed by atoms with E-state index in [1.807, 2.05) is 0 Å². The van der Waals surface area contributed by atoms with Gasteiger partial charge in [-0.1, -0.05) is 132 Å². The van der Waals surface area contributed by atoms with Crippen molar-refractivity contribution in [2.75, 3.05) is 9.80 Å². The van der Waals surface area contributed by atoms with Crippen molar-refractivity contribution in [1.29, 1.82) is 0 Å². The molecule has 0 fully saturated rings. The van der Waals surface area contributed by atoms with Gasteiger partial charge in [-0.25, -0.2) is 0 Å². The highest BCUT2D eigenvalue weighted by Crippen LogP contribution is 2.55. The Kier molecular flexibility index (Phi) is 10.9. The van der Waals surface area contributed by atoms with Gasteiger partial charge in [0.05, 0.1) is 11.4 Å². The van der Waals surface area contributed by atoms with Crippen molar-refractivity contribution in [3.8, 4) is 11.1 Å². The minimum atomic E-state index is -0.0315. The van der Waals surface area contributed by atoms with Crippen LogP contribution in [0.25, 0.3) is 21.2 Å². The maximum absolute atomic E-state index is 2.75. The summed E-state index contributed by atoms with van der Waals surface area (Å²) in [6, 6.07) is 32.9. The molecule has 0 radical (unpaired) electrons. The van der Waals surface area contributed by atoms with Crippen LogP contribution in [0, 0.1) is 6.92 Å². The molecule has 0 atom stereocenters. The summed E-state index contributed by atoms with van der Waals surface area (Å²) in [6.07, 6.45) is 4.73. The van der Waals surface area contributed by atoms with Crippen molar-refractivity contribution < 1.29 is 0 Å². The lowest BCUT2D eigenvalue weighted by Crippen LogP contribution is -2.61. The molecule has 9 heteroatoms. The molecule has 11 rings (SSSR count). The fraction of sp³-hybridized carbons (Fsp3) is 0.397. The SMILES string of the molecule is Bc1c(B)c(B)c(-c2cc(C(C)(C)C)ccc2N2c3cc4c(cc3B3c5sc6cc7c(cc6c5N(c5ccc(C(C)(C)C)cc5)c5cc(C)cc2c53)C(C)(C)CCC7(C)C)C(C)(C)CCC4(C)C)c(B)c1B. The van der Waals surface area contributed by atoms with Crippen molar-refractivity contribution in [2.24, 2.45) is 0 Å². The maximum atomic E-state index is 2.75. The van der Waals surface area contributed by atoms with Crippen LogP contribution < -0.4 is 52.8 Å². The van der Waals surface area contributed by atoms with Crippen molar-refractivity contribution in [2.45, 2.75) is 162 Å². The van der Waals surface area contributed by atoms with Gasteiger partial charge in [0.15, 0.2) is 0 Å². The van der Waals surface area contributed by atoms with Gasteiger partial charge in [0.2, 0.25) is 0 Å². The molecule has 0 saturated heterocycles. The van der Waals surface area contributed by atoms with E-state index in [-0.39, 0.29) is 39.2 Å². The van der Waals surface area contributed by atoms with Gasteiger partial charge in [0.1, 0.15) is 39.2 Å². The highest BCUT2D eigenvalue weighted by molar-refractivity contribution is 7.33. The molecule has 2 aliphatic carbocycles. The number of benzene rings is 6. The van der Waals surface area contributed by atoms with Crippen LogP contribution in [-0.4, -0.2) is 45.9 Å². The van der Waals surface area contributed by atoms with Crippen LogP contribution in [0.1, 0.15) is 162 Å². The molecule has 3 heterocycles. The molecule has 0 bridgehead atoms. The number of thiophene rings is 1. The van der Waals surface area contributed by atoms with Crippen LogP contribution in [0.2, 0.25) is 0 Å². The summed E-state index contributed by atoms with van der Waals surface area (Å²) in [6.45, 7) is 36.5. The van der Waals surface area contributed by atoms with Gasteiger partial charge in [-0.3, -0.25) is 0 Å². The molecule has 7 aromatic rings. The highest BCUT2D eigenvalue weighted by atomic mass is 32.1. The summed E-state index contributed by atoms with van der Waals surface area (Å²) in [4.78, 5) is 5.46. The fourth-order valence-corrected chi connectivity index (χ4v) is 15.0. The second-order valence-corrected chi connectivity index (χ2v) is 28.9. The molecule has 0 unspecified atom stereocenters. The fourth-order valence-electron chi connectivity index (χ4n) is 13.7. The zero-order valence-electron chi connectivity index (χ0n) is 47.7. The number of rotatable bonds is 3. The molecule has 1 aromatic heterocycles. The summed E-state index contributed by atoms with van der Waals surface area (Å²) >= 11 is 2.07. The van der Waals surface area contributed by atoms with Crippen molar-refractivity contribution in [1.82, 2.24) is 0 Å². The van der Waals surface area contributed by atoms with E-state index in [0.29, 0.717) is 0 Å². The van der Waals surface area contributed by atoms with Gasteiger partial charge in [0, 0.05) is 43.2 Å². The van der Waals surface area contributed by atoms with Gasteiger partial charge < -0.3 is 9.80 Å². The van der Waals surface area contributed by atoms with Crippen molar-refractivity contribution in [3.05, 3.63) is 118 Å². The normalized spacial score (nSPS) is 18.1. The third-order valence-electron chi connectivity index (χ3n) is 19.1. The Hall–Kier alpha value is -4.73. The first-order chi connectivity index (χ1) is 33.4. The number of hydrogen-bond acceptors (Lipinski definition) is 3. The summed E-state index contributed by atoms with van der Waals surface area (Å²) in [7, 11) is 11.7. The lowest BCUT2D eigenvalue weighted by atomic mass is 9.35. The zero-order valence-corrected chi connectivity index (χ0v) is 48.5. The monoisotopic (exact) mass is 959 g/mol. The number of aryl methyl sites for hydroxylation is 1. The molecular formula is C63H76B6N2S. The second kappa shape index (κ2) is 15.9. The van der Waals surface area contributed by atoms with Crippen molar-refractivity contribution >= 4 is 145 Å². The average Bonchev–Trinajstić information content (AvgIpc) is 3.67. The summed E-state index contributed by atoms with van der Waals surface area (Å²) in [5.74, 6) is 0. The van der Waals surface area contributed by atoms with Crippen LogP contribution in [0.3, 0.4) is 0 Å². The Morgan fingerprint density at radius 3 is 1.51 bits per heavy atom. The van der Waals surface area contributed by atoms with E-state index in [4.69, 9.17) is 0 Å². The molecule has 2 aliphatic heterocycles.